The van der Waals surface area contributed by atoms with Crippen LogP contribution in [0.4, 0.5) is 5.69 Å². The molecule has 26 heavy (non-hydrogen) atoms. The third kappa shape index (κ3) is 2.99. The number of allylic oxidation sites excluding steroid dienone is 1. The normalized spacial score (nSPS) is 15.7. The zero-order chi connectivity index (χ0) is 18.8. The number of aromatic hydroxyl groups is 1. The van der Waals surface area contributed by atoms with E-state index in [1.807, 2.05) is 31.2 Å². The van der Waals surface area contributed by atoms with Crippen molar-refractivity contribution < 1.29 is 19.4 Å². The van der Waals surface area contributed by atoms with Crippen LogP contribution in [0.15, 0.2) is 65.4 Å². The Morgan fingerprint density at radius 2 is 1.73 bits per heavy atom. The van der Waals surface area contributed by atoms with Gasteiger partial charge in [0, 0.05) is 16.9 Å². The maximum absolute atomic E-state index is 13.1. The highest BCUT2D eigenvalue weighted by molar-refractivity contribution is 6.23. The maximum atomic E-state index is 13.1. The van der Waals surface area contributed by atoms with Gasteiger partial charge >= 0.3 is 5.97 Å². The second-order valence-corrected chi connectivity index (χ2v) is 6.04. The summed E-state index contributed by atoms with van der Waals surface area (Å²) in [6, 6.07) is 14.1. The Morgan fingerprint density at radius 1 is 1.08 bits per heavy atom. The predicted molar refractivity (Wildman–Crippen MR) is 99.5 cm³/mol. The first-order valence-corrected chi connectivity index (χ1v) is 8.14. The van der Waals surface area contributed by atoms with Crippen molar-refractivity contribution in [1.82, 2.24) is 0 Å². The number of phenolic OH excluding ortho intramolecular Hbond substituents is 1. The van der Waals surface area contributed by atoms with Gasteiger partial charge in [-0.05, 0) is 38.1 Å². The number of benzene rings is 2. The molecule has 5 nitrogen and oxygen atoms in total. The summed E-state index contributed by atoms with van der Waals surface area (Å²) >= 11 is 0. The van der Waals surface area contributed by atoms with Gasteiger partial charge in [-0.25, -0.2) is 4.79 Å². The predicted octanol–water partition coefficient (Wildman–Crippen LogP) is 3.58. The van der Waals surface area contributed by atoms with Gasteiger partial charge in [0.25, 0.3) is 5.91 Å². The fourth-order valence-electron chi connectivity index (χ4n) is 2.95. The number of methoxy groups -OCH3 is 1. The Balaban J connectivity index is 2.15. The molecular formula is C21H19NO4. The number of ether oxygens (including phenoxy) is 1. The molecule has 0 fully saturated rings. The van der Waals surface area contributed by atoms with Crippen LogP contribution in [0, 0.1) is 6.92 Å². The highest BCUT2D eigenvalue weighted by atomic mass is 16.5. The number of hydrogen-bond acceptors (Lipinski definition) is 4. The molecule has 0 unspecified atom stereocenters. The minimum atomic E-state index is -0.591. The SMILES string of the molecule is COC(=O)C1=C(C)N(c2ccc(C)cc2)C(=O)/C1=C\c1ccccc1O. The molecule has 0 spiro atoms. The molecule has 0 atom stereocenters. The zero-order valence-corrected chi connectivity index (χ0v) is 14.8. The van der Waals surface area contributed by atoms with E-state index in [1.54, 1.807) is 25.1 Å². The molecule has 0 radical (unpaired) electrons. The van der Waals surface area contributed by atoms with Crippen LogP contribution < -0.4 is 4.90 Å². The van der Waals surface area contributed by atoms with E-state index in [4.69, 9.17) is 4.74 Å². The summed E-state index contributed by atoms with van der Waals surface area (Å²) in [5, 5.41) is 10.0. The average Bonchev–Trinajstić information content (AvgIpc) is 2.87. The molecule has 2 aromatic rings. The minimum Gasteiger partial charge on any atom is -0.507 e. The first-order valence-electron chi connectivity index (χ1n) is 8.14. The lowest BCUT2D eigenvalue weighted by atomic mass is 10.0. The fraction of sp³-hybridized carbons (Fsp3) is 0.143. The molecule has 1 heterocycles. The van der Waals surface area contributed by atoms with Crippen molar-refractivity contribution in [2.75, 3.05) is 12.0 Å². The quantitative estimate of drug-likeness (QED) is 0.679. The Kier molecular flexibility index (Phi) is 4.63. The van der Waals surface area contributed by atoms with Crippen LogP contribution >= 0.6 is 0 Å². The number of para-hydroxylation sites is 1. The van der Waals surface area contributed by atoms with Crippen molar-refractivity contribution in [3.8, 4) is 5.75 Å². The maximum Gasteiger partial charge on any atom is 0.340 e. The Hall–Kier alpha value is -3.34. The summed E-state index contributed by atoms with van der Waals surface area (Å²) in [5.74, 6) is -0.898. The van der Waals surface area contributed by atoms with E-state index >= 15 is 0 Å². The second-order valence-electron chi connectivity index (χ2n) is 6.04. The molecule has 1 aliphatic rings. The number of phenols is 1. The molecule has 1 amide bonds. The smallest absolute Gasteiger partial charge is 0.340 e. The van der Waals surface area contributed by atoms with E-state index in [0.29, 0.717) is 16.9 Å². The van der Waals surface area contributed by atoms with Crippen molar-refractivity contribution >= 4 is 23.6 Å². The molecule has 1 aliphatic heterocycles. The standard InChI is InChI=1S/C21H19NO4/c1-13-8-10-16(11-9-13)22-14(2)19(21(25)26-3)17(20(22)24)12-15-6-4-5-7-18(15)23/h4-12,23H,1-3H3/b17-12-. The number of esters is 1. The molecule has 0 saturated carbocycles. The molecule has 0 saturated heterocycles. The fourth-order valence-corrected chi connectivity index (χ4v) is 2.95. The van der Waals surface area contributed by atoms with E-state index in [1.165, 1.54) is 24.2 Å². The highest BCUT2D eigenvalue weighted by Gasteiger charge is 2.37. The Bertz CT molecular complexity index is 939. The van der Waals surface area contributed by atoms with Gasteiger partial charge in [0.15, 0.2) is 0 Å². The number of nitrogens with zero attached hydrogens (tertiary/aromatic N) is 1. The van der Waals surface area contributed by atoms with Crippen molar-refractivity contribution in [3.63, 3.8) is 0 Å². The van der Waals surface area contributed by atoms with Crippen LogP contribution in [0.5, 0.6) is 5.75 Å². The molecule has 0 aliphatic carbocycles. The molecule has 3 rings (SSSR count). The lowest BCUT2D eigenvalue weighted by Gasteiger charge is -2.18. The van der Waals surface area contributed by atoms with Gasteiger partial charge in [0.2, 0.25) is 0 Å². The number of anilines is 1. The van der Waals surface area contributed by atoms with Gasteiger partial charge in [-0.1, -0.05) is 35.9 Å². The molecule has 5 heteroatoms. The van der Waals surface area contributed by atoms with Crippen LogP contribution in [-0.4, -0.2) is 24.1 Å². The average molecular weight is 349 g/mol. The summed E-state index contributed by atoms with van der Waals surface area (Å²) in [5.41, 5.74) is 3.07. The van der Waals surface area contributed by atoms with E-state index in [-0.39, 0.29) is 22.8 Å². The number of rotatable bonds is 3. The first kappa shape index (κ1) is 17.5. The number of hydrogen-bond donors (Lipinski definition) is 1. The molecule has 132 valence electrons. The van der Waals surface area contributed by atoms with Gasteiger partial charge in [-0.2, -0.15) is 0 Å². The van der Waals surface area contributed by atoms with Crippen molar-refractivity contribution in [2.45, 2.75) is 13.8 Å². The summed E-state index contributed by atoms with van der Waals surface area (Å²) in [6.07, 6.45) is 1.52. The first-order chi connectivity index (χ1) is 12.4. The van der Waals surface area contributed by atoms with Gasteiger partial charge in [0.1, 0.15) is 5.75 Å². The lowest BCUT2D eigenvalue weighted by Crippen LogP contribution is -2.24. The van der Waals surface area contributed by atoms with Crippen LogP contribution in [0.3, 0.4) is 0 Å². The van der Waals surface area contributed by atoms with Crippen molar-refractivity contribution in [2.24, 2.45) is 0 Å². The minimum absolute atomic E-state index is 0.0310. The number of amides is 1. The molecule has 0 bridgehead atoms. The summed E-state index contributed by atoms with van der Waals surface area (Å²) in [7, 11) is 1.28. The van der Waals surface area contributed by atoms with Gasteiger partial charge in [0.05, 0.1) is 18.3 Å². The van der Waals surface area contributed by atoms with Gasteiger partial charge in [-0.15, -0.1) is 0 Å². The Labute approximate surface area is 151 Å². The Morgan fingerprint density at radius 3 is 2.35 bits per heavy atom. The van der Waals surface area contributed by atoms with Crippen molar-refractivity contribution in [3.05, 3.63) is 76.5 Å². The summed E-state index contributed by atoms with van der Waals surface area (Å²) in [4.78, 5) is 26.9. The van der Waals surface area contributed by atoms with E-state index in [0.717, 1.165) is 5.56 Å². The number of carbonyl (C=O) groups excluding carboxylic acids is 2. The van der Waals surface area contributed by atoms with Crippen LogP contribution in [0.1, 0.15) is 18.1 Å². The van der Waals surface area contributed by atoms with Crippen LogP contribution in [0.2, 0.25) is 0 Å². The molecule has 1 N–H and O–H groups in total. The number of carbonyl (C=O) groups is 2. The van der Waals surface area contributed by atoms with E-state index in [2.05, 4.69) is 0 Å². The van der Waals surface area contributed by atoms with E-state index < -0.39 is 5.97 Å². The largest absolute Gasteiger partial charge is 0.507 e. The topological polar surface area (TPSA) is 66.8 Å². The summed E-state index contributed by atoms with van der Waals surface area (Å²) in [6.45, 7) is 3.66. The molecule has 0 aromatic heterocycles. The third-order valence-corrected chi connectivity index (χ3v) is 4.32. The molecular weight excluding hydrogens is 330 g/mol. The summed E-state index contributed by atoms with van der Waals surface area (Å²) < 4.78 is 4.88. The lowest BCUT2D eigenvalue weighted by molar-refractivity contribution is -0.136. The van der Waals surface area contributed by atoms with Crippen molar-refractivity contribution in [1.29, 1.82) is 0 Å². The zero-order valence-electron chi connectivity index (χ0n) is 14.8. The monoisotopic (exact) mass is 349 g/mol. The van der Waals surface area contributed by atoms with E-state index in [9.17, 15) is 14.7 Å². The van der Waals surface area contributed by atoms with Gasteiger partial charge in [-0.3, -0.25) is 9.69 Å². The second kappa shape index (κ2) is 6.88. The number of aryl methyl sites for hydroxylation is 1. The highest BCUT2D eigenvalue weighted by Crippen LogP contribution is 2.36. The van der Waals surface area contributed by atoms with Crippen LogP contribution in [0.25, 0.3) is 6.08 Å². The molecule has 2 aromatic carbocycles. The third-order valence-electron chi connectivity index (χ3n) is 4.32. The van der Waals surface area contributed by atoms with Crippen LogP contribution in [-0.2, 0) is 14.3 Å². The van der Waals surface area contributed by atoms with Gasteiger partial charge < -0.3 is 9.84 Å².